The molecule has 0 unspecified atom stereocenters. The minimum Gasteiger partial charge on any atom is -0.481 e. The van der Waals surface area contributed by atoms with Crippen LogP contribution in [-0.2, 0) is 19.1 Å². The molecule has 0 rings (SSSR count). The van der Waals surface area contributed by atoms with Crippen molar-refractivity contribution in [1.29, 1.82) is 0 Å². The van der Waals surface area contributed by atoms with Gasteiger partial charge in [-0.05, 0) is 20.8 Å². The van der Waals surface area contributed by atoms with Crippen LogP contribution in [0.25, 0.3) is 0 Å². The molecular weight excluding hydrogens is 176 g/mol. The summed E-state index contributed by atoms with van der Waals surface area (Å²) in [5, 5.41) is 8.19. The first-order chi connectivity index (χ1) is 5.73. The average Bonchev–Trinajstić information content (AvgIpc) is 1.82. The molecule has 0 aromatic heterocycles. The van der Waals surface area contributed by atoms with Crippen molar-refractivity contribution < 1.29 is 24.2 Å². The van der Waals surface area contributed by atoms with E-state index in [0.717, 1.165) is 0 Å². The van der Waals surface area contributed by atoms with E-state index in [9.17, 15) is 14.4 Å². The van der Waals surface area contributed by atoms with Gasteiger partial charge in [-0.2, -0.15) is 0 Å². The predicted molar refractivity (Wildman–Crippen MR) is 42.8 cm³/mol. The Kier molecular flexibility index (Phi) is 3.59. The van der Waals surface area contributed by atoms with E-state index in [-0.39, 0.29) is 0 Å². The van der Waals surface area contributed by atoms with Gasteiger partial charge >= 0.3 is 17.9 Å². The van der Waals surface area contributed by atoms with Crippen LogP contribution in [0.1, 0.15) is 27.2 Å². The third kappa shape index (κ3) is 4.95. The van der Waals surface area contributed by atoms with Crippen molar-refractivity contribution in [2.75, 3.05) is 0 Å². The van der Waals surface area contributed by atoms with Crippen molar-refractivity contribution in [1.82, 2.24) is 0 Å². The molecule has 0 amide bonds. The van der Waals surface area contributed by atoms with Crippen LogP contribution in [-0.4, -0.2) is 23.0 Å². The van der Waals surface area contributed by atoms with Crippen LogP contribution in [0.2, 0.25) is 0 Å². The van der Waals surface area contributed by atoms with Crippen molar-refractivity contribution in [3.05, 3.63) is 0 Å². The van der Waals surface area contributed by atoms with E-state index in [0.29, 0.717) is 0 Å². The second-order valence-corrected chi connectivity index (χ2v) is 3.58. The van der Waals surface area contributed by atoms with Gasteiger partial charge in [-0.3, -0.25) is 14.4 Å². The molecule has 0 aliphatic heterocycles. The highest BCUT2D eigenvalue weighted by molar-refractivity contribution is 5.96. The highest BCUT2D eigenvalue weighted by Gasteiger charge is 2.26. The third-order valence-corrected chi connectivity index (χ3v) is 1.11. The second kappa shape index (κ2) is 4.02. The van der Waals surface area contributed by atoms with Crippen molar-refractivity contribution in [3.63, 3.8) is 0 Å². The summed E-state index contributed by atoms with van der Waals surface area (Å²) < 4.78 is 4.27. The van der Waals surface area contributed by atoms with Crippen molar-refractivity contribution in [2.45, 2.75) is 27.2 Å². The van der Waals surface area contributed by atoms with Crippen LogP contribution in [0.3, 0.4) is 0 Å². The lowest BCUT2D eigenvalue weighted by molar-refractivity contribution is -0.167. The zero-order chi connectivity index (χ0) is 10.6. The highest BCUT2D eigenvalue weighted by Crippen LogP contribution is 2.15. The van der Waals surface area contributed by atoms with Crippen LogP contribution in [0, 0.1) is 5.41 Å². The normalized spacial score (nSPS) is 10.7. The number of hydrogen-bond acceptors (Lipinski definition) is 4. The van der Waals surface area contributed by atoms with Crippen LogP contribution < -0.4 is 0 Å². The summed E-state index contributed by atoms with van der Waals surface area (Å²) in [7, 11) is 0. The maximum atomic E-state index is 11.0. The molecule has 0 aliphatic carbocycles. The highest BCUT2D eigenvalue weighted by atomic mass is 16.6. The average molecular weight is 188 g/mol. The number of carbonyl (C=O) groups excluding carboxylic acids is 2. The zero-order valence-electron chi connectivity index (χ0n) is 7.79. The Bertz CT molecular complexity index is 235. The fraction of sp³-hybridized carbons (Fsp3) is 0.625. The van der Waals surface area contributed by atoms with E-state index in [1.165, 1.54) is 0 Å². The first-order valence-corrected chi connectivity index (χ1v) is 3.70. The number of hydrogen-bond donors (Lipinski definition) is 1. The molecule has 0 atom stereocenters. The summed E-state index contributed by atoms with van der Waals surface area (Å²) in [6, 6.07) is 0. The lowest BCUT2D eigenvalue weighted by Crippen LogP contribution is -2.26. The zero-order valence-corrected chi connectivity index (χ0v) is 7.79. The molecule has 0 aromatic rings. The van der Waals surface area contributed by atoms with Gasteiger partial charge in [0, 0.05) is 0 Å². The van der Waals surface area contributed by atoms with E-state index < -0.39 is 29.7 Å². The standard InChI is InChI=1S/C8H12O5/c1-8(2,3)7(12)13-6(11)4-5(9)10/h4H2,1-3H3,(H,9,10). The first-order valence-electron chi connectivity index (χ1n) is 3.70. The Hall–Kier alpha value is -1.39. The lowest BCUT2D eigenvalue weighted by Gasteiger charge is -2.14. The molecule has 74 valence electrons. The number of aliphatic carboxylic acids is 1. The van der Waals surface area contributed by atoms with Crippen molar-refractivity contribution in [3.8, 4) is 0 Å². The summed E-state index contributed by atoms with van der Waals surface area (Å²) in [4.78, 5) is 31.7. The molecule has 0 radical (unpaired) electrons. The summed E-state index contributed by atoms with van der Waals surface area (Å²) in [5.41, 5.74) is -0.797. The lowest BCUT2D eigenvalue weighted by atomic mass is 9.97. The summed E-state index contributed by atoms with van der Waals surface area (Å²) in [5.74, 6) is -3.07. The van der Waals surface area contributed by atoms with E-state index in [1.807, 2.05) is 0 Å². The Morgan fingerprint density at radius 2 is 1.69 bits per heavy atom. The molecule has 0 bridgehead atoms. The maximum Gasteiger partial charge on any atom is 0.324 e. The SMILES string of the molecule is CC(C)(C)C(=O)OC(=O)CC(=O)O. The van der Waals surface area contributed by atoms with Gasteiger partial charge in [0.1, 0.15) is 6.42 Å². The number of rotatable bonds is 2. The predicted octanol–water partition coefficient (Wildman–Crippen LogP) is 0.577. The van der Waals surface area contributed by atoms with Gasteiger partial charge in [-0.15, -0.1) is 0 Å². The topological polar surface area (TPSA) is 80.7 Å². The second-order valence-electron chi connectivity index (χ2n) is 3.58. The molecule has 0 aliphatic rings. The Balaban J connectivity index is 4.08. The number of ether oxygens (including phenoxy) is 1. The van der Waals surface area contributed by atoms with Crippen LogP contribution in [0.5, 0.6) is 0 Å². The van der Waals surface area contributed by atoms with Crippen LogP contribution >= 0.6 is 0 Å². The molecule has 0 saturated heterocycles. The number of esters is 2. The van der Waals surface area contributed by atoms with Crippen LogP contribution in [0.15, 0.2) is 0 Å². The molecule has 5 heteroatoms. The molecular formula is C8H12O5. The fourth-order valence-electron chi connectivity index (χ4n) is 0.416. The van der Waals surface area contributed by atoms with E-state index in [2.05, 4.69) is 4.74 Å². The van der Waals surface area contributed by atoms with Crippen molar-refractivity contribution >= 4 is 17.9 Å². The third-order valence-electron chi connectivity index (χ3n) is 1.11. The molecule has 0 spiro atoms. The maximum absolute atomic E-state index is 11.0. The Morgan fingerprint density at radius 1 is 1.23 bits per heavy atom. The Labute approximate surface area is 75.7 Å². The largest absolute Gasteiger partial charge is 0.481 e. The minimum atomic E-state index is -1.31. The van der Waals surface area contributed by atoms with Gasteiger partial charge in [0.25, 0.3) is 0 Å². The summed E-state index contributed by atoms with van der Waals surface area (Å²) in [6.07, 6.45) is -0.790. The molecule has 0 saturated carbocycles. The monoisotopic (exact) mass is 188 g/mol. The number of carboxylic acid groups (broad SMARTS) is 1. The van der Waals surface area contributed by atoms with Gasteiger partial charge in [0.05, 0.1) is 5.41 Å². The number of carboxylic acids is 1. The van der Waals surface area contributed by atoms with Gasteiger partial charge in [0.2, 0.25) is 0 Å². The molecule has 5 nitrogen and oxygen atoms in total. The van der Waals surface area contributed by atoms with Gasteiger partial charge < -0.3 is 9.84 Å². The Morgan fingerprint density at radius 3 is 2.00 bits per heavy atom. The molecule has 13 heavy (non-hydrogen) atoms. The van der Waals surface area contributed by atoms with Gasteiger partial charge in [-0.25, -0.2) is 0 Å². The molecule has 0 fully saturated rings. The minimum absolute atomic E-state index is 0.723. The molecule has 0 aromatic carbocycles. The molecule has 1 N–H and O–H groups in total. The van der Waals surface area contributed by atoms with E-state index in [4.69, 9.17) is 5.11 Å². The van der Waals surface area contributed by atoms with Crippen LogP contribution in [0.4, 0.5) is 0 Å². The fourth-order valence-corrected chi connectivity index (χ4v) is 0.416. The van der Waals surface area contributed by atoms with E-state index >= 15 is 0 Å². The smallest absolute Gasteiger partial charge is 0.324 e. The molecule has 0 heterocycles. The van der Waals surface area contributed by atoms with Crippen molar-refractivity contribution in [2.24, 2.45) is 5.41 Å². The van der Waals surface area contributed by atoms with Gasteiger partial charge in [-0.1, -0.05) is 0 Å². The van der Waals surface area contributed by atoms with E-state index in [1.54, 1.807) is 20.8 Å². The number of carbonyl (C=O) groups is 3. The quantitative estimate of drug-likeness (QED) is 0.506. The summed E-state index contributed by atoms with van der Waals surface area (Å²) in [6.45, 7) is 4.72. The van der Waals surface area contributed by atoms with Gasteiger partial charge in [0.15, 0.2) is 0 Å². The summed E-state index contributed by atoms with van der Waals surface area (Å²) >= 11 is 0. The first kappa shape index (κ1) is 11.6.